The van der Waals surface area contributed by atoms with E-state index in [0.29, 0.717) is 0 Å². The molecule has 0 atom stereocenters. The second kappa shape index (κ2) is 11.1. The Balaban J connectivity index is 1.44. The van der Waals surface area contributed by atoms with Crippen LogP contribution in [0.2, 0.25) is 0 Å². The SMILES string of the molecule is COc1ccc(C2(c3ccc(OC)cc3)C=Cc3c4c(c5cc(N6CCCCC6)c(OC)cc5c3O2)-c2ccccc2C4(C)C)cc1. The van der Waals surface area contributed by atoms with Crippen molar-refractivity contribution in [3.8, 4) is 34.1 Å². The summed E-state index contributed by atoms with van der Waals surface area (Å²) in [6.07, 6.45) is 8.18. The van der Waals surface area contributed by atoms with E-state index in [1.807, 2.05) is 24.3 Å². The molecule has 0 bridgehead atoms. The Labute approximate surface area is 277 Å². The minimum atomic E-state index is -0.888. The zero-order valence-electron chi connectivity index (χ0n) is 27.9. The Morgan fingerprint density at radius 1 is 0.702 bits per heavy atom. The van der Waals surface area contributed by atoms with Crippen LogP contribution in [0.15, 0.2) is 91.0 Å². The highest BCUT2D eigenvalue weighted by molar-refractivity contribution is 6.10. The Morgan fingerprint density at radius 3 is 1.96 bits per heavy atom. The van der Waals surface area contributed by atoms with Gasteiger partial charge in [0, 0.05) is 40.6 Å². The molecule has 8 rings (SSSR count). The fraction of sp³-hybridized carbons (Fsp3) is 0.286. The monoisotopic (exact) mass is 623 g/mol. The van der Waals surface area contributed by atoms with Gasteiger partial charge in [0.25, 0.3) is 0 Å². The van der Waals surface area contributed by atoms with E-state index in [0.717, 1.165) is 63.9 Å². The number of fused-ring (bicyclic) bond motifs is 8. The molecule has 0 saturated carbocycles. The summed E-state index contributed by atoms with van der Waals surface area (Å²) in [5.74, 6) is 3.36. The van der Waals surface area contributed by atoms with E-state index < -0.39 is 5.60 Å². The molecule has 238 valence electrons. The summed E-state index contributed by atoms with van der Waals surface area (Å²) in [6.45, 7) is 6.77. The van der Waals surface area contributed by atoms with Crippen molar-refractivity contribution in [2.24, 2.45) is 0 Å². The number of nitrogens with zero attached hydrogens (tertiary/aromatic N) is 1. The highest BCUT2D eigenvalue weighted by atomic mass is 16.5. The van der Waals surface area contributed by atoms with E-state index in [1.54, 1.807) is 21.3 Å². The standard InChI is InChI=1S/C42H41NO4/c1-41(2)35-12-8-7-11-31(35)38-33-25-36(43-23-9-6-10-24-43)37(46-5)26-34(33)40-32(39(38)41)21-22-42(47-40,27-13-17-29(44-3)18-14-27)28-15-19-30(45-4)20-16-28/h7-8,11-22,25-26H,6,9-10,23-24H2,1-5H3. The molecule has 0 amide bonds. The van der Waals surface area contributed by atoms with Gasteiger partial charge in [-0.1, -0.05) is 68.5 Å². The fourth-order valence-corrected chi connectivity index (χ4v) is 8.17. The van der Waals surface area contributed by atoms with Gasteiger partial charge in [0.15, 0.2) is 5.60 Å². The van der Waals surface area contributed by atoms with Crippen LogP contribution in [-0.4, -0.2) is 34.4 Å². The maximum absolute atomic E-state index is 7.52. The Morgan fingerprint density at radius 2 is 1.34 bits per heavy atom. The van der Waals surface area contributed by atoms with Gasteiger partial charge in [-0.05, 0) is 89.4 Å². The first-order valence-corrected chi connectivity index (χ1v) is 16.6. The van der Waals surface area contributed by atoms with Crippen LogP contribution in [-0.2, 0) is 11.0 Å². The van der Waals surface area contributed by atoms with Crippen molar-refractivity contribution in [2.45, 2.75) is 44.1 Å². The number of benzene rings is 5. The lowest BCUT2D eigenvalue weighted by Crippen LogP contribution is -2.35. The molecule has 3 aliphatic rings. The molecule has 5 heteroatoms. The number of piperidine rings is 1. The third kappa shape index (κ3) is 4.43. The number of hydrogen-bond acceptors (Lipinski definition) is 5. The van der Waals surface area contributed by atoms with Crippen molar-refractivity contribution in [3.63, 3.8) is 0 Å². The summed E-state index contributed by atoms with van der Waals surface area (Å²) in [4.78, 5) is 2.50. The molecule has 1 fully saturated rings. The molecule has 2 heterocycles. The van der Waals surface area contributed by atoms with Gasteiger partial charge in [-0.15, -0.1) is 0 Å². The van der Waals surface area contributed by atoms with E-state index in [1.165, 1.54) is 46.9 Å². The van der Waals surface area contributed by atoms with Crippen LogP contribution in [0.1, 0.15) is 60.9 Å². The Kier molecular flexibility index (Phi) is 6.98. The Hall–Kier alpha value is -4.90. The number of methoxy groups -OCH3 is 3. The molecule has 5 aromatic carbocycles. The lowest BCUT2D eigenvalue weighted by Gasteiger charge is -2.39. The number of ether oxygens (including phenoxy) is 4. The molecule has 0 unspecified atom stereocenters. The molecule has 0 aromatic heterocycles. The number of hydrogen-bond donors (Lipinski definition) is 0. The van der Waals surface area contributed by atoms with Gasteiger partial charge < -0.3 is 23.8 Å². The van der Waals surface area contributed by atoms with Crippen molar-refractivity contribution >= 4 is 22.5 Å². The molecule has 47 heavy (non-hydrogen) atoms. The van der Waals surface area contributed by atoms with Crippen molar-refractivity contribution in [1.29, 1.82) is 0 Å². The molecule has 5 nitrogen and oxygen atoms in total. The number of anilines is 1. The maximum Gasteiger partial charge on any atom is 0.178 e. The van der Waals surface area contributed by atoms with Gasteiger partial charge >= 0.3 is 0 Å². The van der Waals surface area contributed by atoms with E-state index in [9.17, 15) is 0 Å². The van der Waals surface area contributed by atoms with E-state index in [-0.39, 0.29) is 5.41 Å². The van der Waals surface area contributed by atoms with Crippen molar-refractivity contribution < 1.29 is 18.9 Å². The topological polar surface area (TPSA) is 40.2 Å². The summed E-state index contributed by atoms with van der Waals surface area (Å²) in [5, 5.41) is 2.26. The van der Waals surface area contributed by atoms with Crippen LogP contribution < -0.4 is 23.8 Å². The first-order chi connectivity index (χ1) is 22.9. The minimum Gasteiger partial charge on any atom is -0.497 e. The largest absolute Gasteiger partial charge is 0.497 e. The molecule has 0 N–H and O–H groups in total. The molecular formula is C42H41NO4. The molecular weight excluding hydrogens is 582 g/mol. The maximum atomic E-state index is 7.52. The quantitative estimate of drug-likeness (QED) is 0.188. The predicted octanol–water partition coefficient (Wildman–Crippen LogP) is 9.51. The van der Waals surface area contributed by atoms with Gasteiger partial charge in [0.1, 0.15) is 23.0 Å². The normalized spacial score (nSPS) is 17.0. The summed E-state index contributed by atoms with van der Waals surface area (Å²) in [6, 6.07) is 29.9. The van der Waals surface area contributed by atoms with Gasteiger partial charge in [-0.3, -0.25) is 0 Å². The summed E-state index contributed by atoms with van der Waals surface area (Å²) >= 11 is 0. The predicted molar refractivity (Wildman–Crippen MR) is 191 cm³/mol. The minimum absolute atomic E-state index is 0.219. The third-order valence-corrected chi connectivity index (χ3v) is 10.6. The molecule has 1 saturated heterocycles. The highest BCUT2D eigenvalue weighted by Gasteiger charge is 2.44. The molecule has 5 aromatic rings. The van der Waals surface area contributed by atoms with Crippen LogP contribution in [0.4, 0.5) is 5.69 Å². The molecule has 1 aliphatic carbocycles. The molecule has 0 spiro atoms. The Bertz CT molecular complexity index is 1970. The lowest BCUT2D eigenvalue weighted by atomic mass is 9.76. The van der Waals surface area contributed by atoms with Gasteiger partial charge in [0.05, 0.1) is 27.0 Å². The second-order valence-electron chi connectivity index (χ2n) is 13.4. The third-order valence-electron chi connectivity index (χ3n) is 10.6. The molecule has 2 aliphatic heterocycles. The highest BCUT2D eigenvalue weighted by Crippen LogP contribution is 2.59. The van der Waals surface area contributed by atoms with Crippen LogP contribution in [0.5, 0.6) is 23.0 Å². The van der Waals surface area contributed by atoms with E-state index >= 15 is 0 Å². The first kappa shape index (κ1) is 29.5. The van der Waals surface area contributed by atoms with Crippen molar-refractivity contribution in [3.05, 3.63) is 119 Å². The van der Waals surface area contributed by atoms with Gasteiger partial charge in [0.2, 0.25) is 0 Å². The molecule has 0 radical (unpaired) electrons. The van der Waals surface area contributed by atoms with Crippen molar-refractivity contribution in [1.82, 2.24) is 0 Å². The summed E-state index contributed by atoms with van der Waals surface area (Å²) in [7, 11) is 5.17. The fourth-order valence-electron chi connectivity index (χ4n) is 8.17. The smallest absolute Gasteiger partial charge is 0.178 e. The zero-order chi connectivity index (χ0) is 32.3. The second-order valence-corrected chi connectivity index (χ2v) is 13.4. The summed E-state index contributed by atoms with van der Waals surface area (Å²) < 4.78 is 24.7. The van der Waals surface area contributed by atoms with Gasteiger partial charge in [-0.2, -0.15) is 0 Å². The van der Waals surface area contributed by atoms with Crippen molar-refractivity contribution in [2.75, 3.05) is 39.3 Å². The zero-order valence-corrected chi connectivity index (χ0v) is 27.9. The van der Waals surface area contributed by atoms with Gasteiger partial charge in [-0.25, -0.2) is 0 Å². The van der Waals surface area contributed by atoms with E-state index in [4.69, 9.17) is 18.9 Å². The van der Waals surface area contributed by atoms with Crippen LogP contribution in [0.25, 0.3) is 28.0 Å². The first-order valence-electron chi connectivity index (χ1n) is 16.6. The average Bonchev–Trinajstić information content (AvgIpc) is 3.38. The van der Waals surface area contributed by atoms with Crippen LogP contribution in [0.3, 0.4) is 0 Å². The van der Waals surface area contributed by atoms with Crippen LogP contribution >= 0.6 is 0 Å². The summed E-state index contributed by atoms with van der Waals surface area (Å²) in [5.41, 5.74) is 8.45. The number of rotatable bonds is 6. The van der Waals surface area contributed by atoms with Crippen LogP contribution in [0, 0.1) is 0 Å². The average molecular weight is 624 g/mol. The van der Waals surface area contributed by atoms with E-state index in [2.05, 4.69) is 91.6 Å². The lowest BCUT2D eigenvalue weighted by molar-refractivity contribution is 0.163.